The maximum Gasteiger partial charge on any atom is 0.417 e. The van der Waals surface area contributed by atoms with Gasteiger partial charge in [-0.05, 0) is 87.1 Å². The number of unbranched alkanes of at least 4 members (excludes halogenated alkanes) is 2. The van der Waals surface area contributed by atoms with Crippen molar-refractivity contribution in [3.8, 4) is 5.75 Å². The molecule has 6 aromatic rings. The van der Waals surface area contributed by atoms with E-state index in [1.807, 2.05) is 12.1 Å². The highest BCUT2D eigenvalue weighted by Crippen LogP contribution is 2.45. The first-order valence-corrected chi connectivity index (χ1v) is 19.8. The second-order valence-corrected chi connectivity index (χ2v) is 15.5. The number of hydrogen-bond acceptors (Lipinski definition) is 9. The Hall–Kier alpha value is -5.98. The number of pyridine rings is 1. The maximum atomic E-state index is 14.7. The number of benzene rings is 3. The number of aromatic nitrogens is 6. The SMILES string of the molecule is C[C@H]1CC[C@H](C(OCCCCCOc2ccc([C@H]3Nc4cc(F)cc5c(=O)[nH]nc(c45)[C@@H]3Cc3ncnn3C)cc2)C(F)(F)F)N1c1ccc2[nH]c(=O)cc(C(F)(F)F)c2c1. The number of ether oxygens (including phenoxy) is 2. The smallest absolute Gasteiger partial charge is 0.417 e. The van der Waals surface area contributed by atoms with Crippen LogP contribution in [-0.4, -0.2) is 67.5 Å². The molecule has 0 bridgehead atoms. The Bertz CT molecular complexity index is 2660. The van der Waals surface area contributed by atoms with Crippen LogP contribution in [-0.2, 0) is 24.4 Å². The van der Waals surface area contributed by atoms with Crippen molar-refractivity contribution in [3.05, 3.63) is 116 Å². The number of nitrogens with zero attached hydrogens (tertiary/aromatic N) is 5. The van der Waals surface area contributed by atoms with E-state index in [1.165, 1.54) is 41.6 Å². The summed E-state index contributed by atoms with van der Waals surface area (Å²) in [5.74, 6) is 0.349. The van der Waals surface area contributed by atoms with E-state index >= 15 is 0 Å². The van der Waals surface area contributed by atoms with Crippen molar-refractivity contribution in [1.82, 2.24) is 29.9 Å². The van der Waals surface area contributed by atoms with Crippen LogP contribution in [0.5, 0.6) is 5.75 Å². The summed E-state index contributed by atoms with van der Waals surface area (Å²) in [5, 5.41) is 14.9. The fourth-order valence-electron chi connectivity index (χ4n) is 8.70. The van der Waals surface area contributed by atoms with Gasteiger partial charge in [0.25, 0.3) is 5.56 Å². The zero-order chi connectivity index (χ0) is 43.2. The normalized spacial score (nSPS) is 19.7. The van der Waals surface area contributed by atoms with Crippen molar-refractivity contribution in [2.24, 2.45) is 7.05 Å². The number of aryl methyl sites for hydroxylation is 1. The Labute approximate surface area is 343 Å². The number of anilines is 2. The minimum absolute atomic E-state index is 0.0706. The Kier molecular flexibility index (Phi) is 11.3. The van der Waals surface area contributed by atoms with E-state index in [0.29, 0.717) is 66.5 Å². The number of fused-ring (bicyclic) bond motifs is 1. The van der Waals surface area contributed by atoms with Gasteiger partial charge in [0.2, 0.25) is 5.56 Å². The van der Waals surface area contributed by atoms with Crippen LogP contribution in [0.25, 0.3) is 21.7 Å². The lowest BCUT2D eigenvalue weighted by Crippen LogP contribution is -2.50. The van der Waals surface area contributed by atoms with Gasteiger partial charge < -0.3 is 24.7 Å². The molecule has 0 amide bonds. The highest BCUT2D eigenvalue weighted by molar-refractivity contribution is 5.97. The molecule has 3 aromatic heterocycles. The quantitative estimate of drug-likeness (QED) is 0.0776. The van der Waals surface area contributed by atoms with Crippen LogP contribution < -0.4 is 26.1 Å². The summed E-state index contributed by atoms with van der Waals surface area (Å²) in [7, 11) is 1.78. The van der Waals surface area contributed by atoms with Crippen molar-refractivity contribution >= 4 is 33.1 Å². The molecule has 12 nitrogen and oxygen atoms in total. The summed E-state index contributed by atoms with van der Waals surface area (Å²) in [5.41, 5.74) is -0.632. The minimum atomic E-state index is -4.85. The average Bonchev–Trinajstić information content (AvgIpc) is 3.80. The van der Waals surface area contributed by atoms with E-state index in [0.717, 1.165) is 5.56 Å². The third kappa shape index (κ3) is 8.52. The molecule has 0 spiro atoms. The molecule has 2 aliphatic heterocycles. The molecule has 5 atom stereocenters. The van der Waals surface area contributed by atoms with Gasteiger partial charge in [0.15, 0.2) is 6.10 Å². The van der Waals surface area contributed by atoms with E-state index in [4.69, 9.17) is 9.47 Å². The summed E-state index contributed by atoms with van der Waals surface area (Å²) in [6.45, 7) is 1.81. The first kappa shape index (κ1) is 41.7. The predicted octanol–water partition coefficient (Wildman–Crippen LogP) is 8.10. The summed E-state index contributed by atoms with van der Waals surface area (Å²) in [6.07, 6.45) is -8.09. The second kappa shape index (κ2) is 16.5. The van der Waals surface area contributed by atoms with Crippen LogP contribution in [0.15, 0.2) is 76.6 Å². The van der Waals surface area contributed by atoms with Gasteiger partial charge in [0.05, 0.1) is 35.3 Å². The van der Waals surface area contributed by atoms with Crippen LogP contribution in [0.2, 0.25) is 0 Å². The van der Waals surface area contributed by atoms with E-state index in [1.54, 1.807) is 30.8 Å². The molecule has 1 saturated heterocycles. The van der Waals surface area contributed by atoms with Crippen LogP contribution in [0.3, 0.4) is 0 Å². The van der Waals surface area contributed by atoms with E-state index < -0.39 is 59.1 Å². The average molecular weight is 855 g/mol. The lowest BCUT2D eigenvalue weighted by Gasteiger charge is -2.36. The Balaban J connectivity index is 0.883. The summed E-state index contributed by atoms with van der Waals surface area (Å²) < 4.78 is 113. The van der Waals surface area contributed by atoms with Gasteiger partial charge in [0, 0.05) is 65.8 Å². The predicted molar refractivity (Wildman–Crippen MR) is 212 cm³/mol. The number of hydrogen-bond donors (Lipinski definition) is 3. The van der Waals surface area contributed by atoms with Gasteiger partial charge in [-0.2, -0.15) is 36.5 Å². The molecule has 19 heteroatoms. The zero-order valence-electron chi connectivity index (χ0n) is 32.9. The molecule has 8 rings (SSSR count). The first-order chi connectivity index (χ1) is 29.1. The van der Waals surface area contributed by atoms with E-state index in [2.05, 4.69) is 30.6 Å². The largest absolute Gasteiger partial charge is 0.494 e. The molecule has 3 N–H and O–H groups in total. The minimum Gasteiger partial charge on any atom is -0.494 e. The van der Waals surface area contributed by atoms with Gasteiger partial charge in [-0.3, -0.25) is 14.3 Å². The standard InChI is InChI=1S/C42H41F7N8O4/c1-22-6-13-33(57(22)25-9-12-31-27(18-25)30(41(44,45)46)20-35(58)52-31)39(42(47,48)49)61-15-5-3-4-14-60-26-10-7-23(8-11-26)37-29(19-34-50-21-51-56(34)2)38-36-28(40(59)55-54-38)16-24(43)17-32(36)53-37/h7-12,16-18,20-22,29,33,37,39,53H,3-6,13-15,19H2,1-2H3,(H,52,58)(H,55,59)/t22-,29+,33+,37+,39?/m0/s1. The van der Waals surface area contributed by atoms with Gasteiger partial charge in [-0.1, -0.05) is 12.1 Å². The third-order valence-corrected chi connectivity index (χ3v) is 11.6. The maximum absolute atomic E-state index is 14.7. The number of aromatic amines is 2. The van der Waals surface area contributed by atoms with Crippen molar-refractivity contribution < 1.29 is 40.2 Å². The van der Waals surface area contributed by atoms with Gasteiger partial charge in [0.1, 0.15) is 23.7 Å². The van der Waals surface area contributed by atoms with Crippen molar-refractivity contribution in [2.45, 2.75) is 87.9 Å². The van der Waals surface area contributed by atoms with Crippen molar-refractivity contribution in [3.63, 3.8) is 0 Å². The van der Waals surface area contributed by atoms with Crippen LogP contribution in [0.4, 0.5) is 42.1 Å². The van der Waals surface area contributed by atoms with Crippen molar-refractivity contribution in [1.29, 1.82) is 0 Å². The first-order valence-electron chi connectivity index (χ1n) is 19.8. The van der Waals surface area contributed by atoms with E-state index in [9.17, 15) is 40.3 Å². The molecule has 3 aromatic carbocycles. The number of H-pyrrole nitrogens is 2. The number of nitrogens with one attached hydrogen (secondary N) is 3. The second-order valence-electron chi connectivity index (χ2n) is 15.5. The summed E-state index contributed by atoms with van der Waals surface area (Å²) in [4.78, 5) is 32.7. The van der Waals surface area contributed by atoms with Gasteiger partial charge >= 0.3 is 12.4 Å². The fourth-order valence-corrected chi connectivity index (χ4v) is 8.70. The number of alkyl halides is 6. The molecular formula is C42H41F7N8O4. The fraction of sp³-hybridized carbons (Fsp3) is 0.405. The molecule has 2 aliphatic rings. The summed E-state index contributed by atoms with van der Waals surface area (Å²) >= 11 is 0. The van der Waals surface area contributed by atoms with Crippen LogP contribution >= 0.6 is 0 Å². The highest BCUT2D eigenvalue weighted by atomic mass is 19.4. The van der Waals surface area contributed by atoms with E-state index in [-0.39, 0.29) is 47.5 Å². The van der Waals surface area contributed by atoms with Gasteiger partial charge in [-0.15, -0.1) is 0 Å². The highest BCUT2D eigenvalue weighted by Gasteiger charge is 2.51. The molecule has 322 valence electrons. The molecule has 0 aliphatic carbocycles. The number of rotatable bonds is 13. The Morgan fingerprint density at radius 3 is 2.41 bits per heavy atom. The van der Waals surface area contributed by atoms with Crippen molar-refractivity contribution in [2.75, 3.05) is 23.4 Å². The molecule has 1 unspecified atom stereocenters. The molecule has 61 heavy (non-hydrogen) atoms. The van der Waals surface area contributed by atoms with Crippen LogP contribution in [0, 0.1) is 5.82 Å². The Morgan fingerprint density at radius 1 is 0.918 bits per heavy atom. The molecule has 1 fully saturated rings. The molecule has 0 radical (unpaired) electrons. The Morgan fingerprint density at radius 2 is 1.69 bits per heavy atom. The lowest BCUT2D eigenvalue weighted by atomic mass is 9.82. The molecular weight excluding hydrogens is 814 g/mol. The number of halogens is 7. The van der Waals surface area contributed by atoms with Crippen LogP contribution in [0.1, 0.15) is 73.6 Å². The molecule has 0 saturated carbocycles. The zero-order valence-corrected chi connectivity index (χ0v) is 32.9. The monoisotopic (exact) mass is 854 g/mol. The van der Waals surface area contributed by atoms with Gasteiger partial charge in [-0.25, -0.2) is 14.5 Å². The molecule has 5 heterocycles. The third-order valence-electron chi connectivity index (χ3n) is 11.6. The topological polar surface area (TPSA) is 143 Å². The summed E-state index contributed by atoms with van der Waals surface area (Å²) in [6, 6.07) is 12.2. The lowest BCUT2D eigenvalue weighted by molar-refractivity contribution is -0.226.